The number of hydrogen-bond donors (Lipinski definition) is 1. The van der Waals surface area contributed by atoms with Crippen LogP contribution in [0.3, 0.4) is 0 Å². The Kier molecular flexibility index (Phi) is 5.89. The first-order valence-corrected chi connectivity index (χ1v) is 9.35. The van der Waals surface area contributed by atoms with Crippen LogP contribution in [-0.4, -0.2) is 29.9 Å². The van der Waals surface area contributed by atoms with E-state index in [4.69, 9.17) is 4.84 Å². The third-order valence-corrected chi connectivity index (χ3v) is 5.75. The number of rotatable bonds is 4. The molecule has 2 aliphatic rings. The number of nitrogens with zero attached hydrogens (tertiary/aromatic N) is 2. The molecular formula is C18H20ClF2N3OS. The highest BCUT2D eigenvalue weighted by atomic mass is 35.5. The Morgan fingerprint density at radius 3 is 2.62 bits per heavy atom. The van der Waals surface area contributed by atoms with Crippen molar-refractivity contribution in [2.45, 2.75) is 37.2 Å². The summed E-state index contributed by atoms with van der Waals surface area (Å²) in [5.74, 6) is -2.63. The second-order valence-corrected chi connectivity index (χ2v) is 7.31. The average molecular weight is 400 g/mol. The third-order valence-electron chi connectivity index (χ3n) is 4.74. The highest BCUT2D eigenvalue weighted by molar-refractivity contribution is 7.09. The Morgan fingerprint density at radius 2 is 1.88 bits per heavy atom. The fourth-order valence-electron chi connectivity index (χ4n) is 3.25. The van der Waals surface area contributed by atoms with Gasteiger partial charge < -0.3 is 10.2 Å². The summed E-state index contributed by atoms with van der Waals surface area (Å²) in [6, 6.07) is 7.75. The molecule has 3 heterocycles. The Balaban J connectivity index is 0.00000196. The van der Waals surface area contributed by atoms with Crippen LogP contribution in [0.15, 0.2) is 40.9 Å². The summed E-state index contributed by atoms with van der Waals surface area (Å²) >= 11 is 1.59. The third kappa shape index (κ3) is 3.75. The molecule has 4 rings (SSSR count). The van der Waals surface area contributed by atoms with Gasteiger partial charge >= 0.3 is 5.92 Å². The number of alkyl halides is 2. The first kappa shape index (κ1) is 19.2. The van der Waals surface area contributed by atoms with Gasteiger partial charge in [-0.15, -0.1) is 23.7 Å². The Bertz CT molecular complexity index is 763. The lowest BCUT2D eigenvalue weighted by atomic mass is 9.98. The van der Waals surface area contributed by atoms with Crippen LogP contribution in [0.4, 0.5) is 8.78 Å². The molecule has 1 aromatic carbocycles. The lowest BCUT2D eigenvalue weighted by molar-refractivity contribution is -0.131. The van der Waals surface area contributed by atoms with E-state index < -0.39 is 12.0 Å². The van der Waals surface area contributed by atoms with Gasteiger partial charge in [0.1, 0.15) is 5.71 Å². The lowest BCUT2D eigenvalue weighted by Crippen LogP contribution is -2.31. The van der Waals surface area contributed by atoms with Crippen LogP contribution in [0.2, 0.25) is 0 Å². The van der Waals surface area contributed by atoms with Gasteiger partial charge in [0.25, 0.3) is 0 Å². The van der Waals surface area contributed by atoms with E-state index in [-0.39, 0.29) is 24.4 Å². The van der Waals surface area contributed by atoms with Crippen molar-refractivity contribution in [1.82, 2.24) is 10.3 Å². The second kappa shape index (κ2) is 7.98. The van der Waals surface area contributed by atoms with E-state index in [1.807, 2.05) is 5.38 Å². The quantitative estimate of drug-likeness (QED) is 0.833. The van der Waals surface area contributed by atoms with Crippen LogP contribution < -0.4 is 5.32 Å². The predicted octanol–water partition coefficient (Wildman–Crippen LogP) is 4.32. The smallest absolute Gasteiger partial charge is 0.312 e. The van der Waals surface area contributed by atoms with E-state index in [0.717, 1.165) is 30.9 Å². The fraction of sp³-hybridized carbons (Fsp3) is 0.444. The summed E-state index contributed by atoms with van der Waals surface area (Å²) in [6.45, 7) is 1.99. The van der Waals surface area contributed by atoms with E-state index in [2.05, 4.69) is 15.5 Å². The molecule has 0 spiro atoms. The van der Waals surface area contributed by atoms with Crippen molar-refractivity contribution in [2.24, 2.45) is 5.16 Å². The zero-order valence-electron chi connectivity index (χ0n) is 14.0. The summed E-state index contributed by atoms with van der Waals surface area (Å²) in [6.07, 6.45) is 0.904. The number of oxime groups is 1. The standard InChI is InChI=1S/C18H19F2N3OS.ClH/c19-18(20,13-4-2-1-3-5-13)16-10-14(23-24-16)15-11-25-17(22-15)12-6-8-21-9-7-12;/h1-5,11-12,16,21H,6-10H2;1H. The molecule has 2 aromatic rings. The van der Waals surface area contributed by atoms with Crippen LogP contribution in [0, 0.1) is 0 Å². The lowest BCUT2D eigenvalue weighted by Gasteiger charge is -2.21. The van der Waals surface area contributed by atoms with E-state index in [1.165, 1.54) is 12.1 Å². The maximum atomic E-state index is 14.6. The largest absolute Gasteiger partial charge is 0.385 e. The van der Waals surface area contributed by atoms with Gasteiger partial charge in [-0.2, -0.15) is 8.78 Å². The van der Waals surface area contributed by atoms with Gasteiger partial charge in [-0.1, -0.05) is 35.5 Å². The molecule has 0 bridgehead atoms. The number of aromatic nitrogens is 1. The zero-order valence-corrected chi connectivity index (χ0v) is 15.7. The average Bonchev–Trinajstić information content (AvgIpc) is 3.33. The van der Waals surface area contributed by atoms with Crippen molar-refractivity contribution in [3.05, 3.63) is 52.0 Å². The first-order valence-electron chi connectivity index (χ1n) is 8.47. The minimum absolute atomic E-state index is 0. The van der Waals surface area contributed by atoms with Crippen molar-refractivity contribution in [2.75, 3.05) is 13.1 Å². The Labute approximate surface area is 161 Å². The Hall–Kier alpha value is -1.57. The molecule has 1 aromatic heterocycles. The molecule has 4 nitrogen and oxygen atoms in total. The molecule has 1 unspecified atom stereocenters. The van der Waals surface area contributed by atoms with E-state index in [9.17, 15) is 8.78 Å². The SMILES string of the molecule is Cl.FC(F)(c1ccccc1)C1CC(c2csc(C3CCNCC3)n2)=NO1. The number of hydrogen-bond acceptors (Lipinski definition) is 5. The van der Waals surface area contributed by atoms with Crippen LogP contribution in [-0.2, 0) is 10.8 Å². The molecule has 0 radical (unpaired) electrons. The maximum Gasteiger partial charge on any atom is 0.312 e. The summed E-state index contributed by atoms with van der Waals surface area (Å²) < 4.78 is 29.2. The topological polar surface area (TPSA) is 46.5 Å². The van der Waals surface area contributed by atoms with Gasteiger partial charge in [0, 0.05) is 23.3 Å². The summed E-state index contributed by atoms with van der Waals surface area (Å²) in [4.78, 5) is 9.73. The molecule has 0 aliphatic carbocycles. The molecule has 8 heteroatoms. The monoisotopic (exact) mass is 399 g/mol. The van der Waals surface area contributed by atoms with Crippen molar-refractivity contribution >= 4 is 29.5 Å². The van der Waals surface area contributed by atoms with Crippen molar-refractivity contribution < 1.29 is 13.6 Å². The van der Waals surface area contributed by atoms with Gasteiger partial charge in [-0.25, -0.2) is 4.98 Å². The minimum atomic E-state index is -3.08. The van der Waals surface area contributed by atoms with E-state index in [1.54, 1.807) is 29.5 Å². The van der Waals surface area contributed by atoms with Gasteiger partial charge in [0.05, 0.1) is 10.7 Å². The van der Waals surface area contributed by atoms with Crippen molar-refractivity contribution in [3.63, 3.8) is 0 Å². The van der Waals surface area contributed by atoms with Crippen LogP contribution in [0.5, 0.6) is 0 Å². The van der Waals surface area contributed by atoms with Crippen LogP contribution in [0.1, 0.15) is 41.4 Å². The number of halogens is 3. The zero-order chi connectivity index (χ0) is 17.3. The van der Waals surface area contributed by atoms with E-state index in [0.29, 0.717) is 17.3 Å². The van der Waals surface area contributed by atoms with Gasteiger partial charge in [0.15, 0.2) is 0 Å². The Morgan fingerprint density at radius 1 is 1.15 bits per heavy atom. The summed E-state index contributed by atoms with van der Waals surface area (Å²) in [5.41, 5.74) is 1.13. The molecule has 1 saturated heterocycles. The molecule has 1 N–H and O–H groups in total. The fourth-order valence-corrected chi connectivity index (χ4v) is 4.25. The van der Waals surface area contributed by atoms with Crippen LogP contribution >= 0.6 is 23.7 Å². The maximum absolute atomic E-state index is 14.6. The van der Waals surface area contributed by atoms with Gasteiger partial charge in [-0.05, 0) is 25.9 Å². The molecule has 0 amide bonds. The highest BCUT2D eigenvalue weighted by Gasteiger charge is 2.47. The minimum Gasteiger partial charge on any atom is -0.385 e. The molecule has 2 aliphatic heterocycles. The normalized spacial score (nSPS) is 21.0. The van der Waals surface area contributed by atoms with Crippen molar-refractivity contribution in [1.29, 1.82) is 0 Å². The first-order chi connectivity index (χ1) is 12.1. The molecule has 140 valence electrons. The van der Waals surface area contributed by atoms with Gasteiger partial charge in [-0.3, -0.25) is 0 Å². The molecule has 1 atom stereocenters. The van der Waals surface area contributed by atoms with E-state index >= 15 is 0 Å². The molecule has 26 heavy (non-hydrogen) atoms. The number of piperidine rings is 1. The second-order valence-electron chi connectivity index (χ2n) is 6.42. The number of nitrogens with one attached hydrogen (secondary N) is 1. The van der Waals surface area contributed by atoms with Crippen LogP contribution in [0.25, 0.3) is 0 Å². The highest BCUT2D eigenvalue weighted by Crippen LogP contribution is 2.38. The molecular weight excluding hydrogens is 380 g/mol. The summed E-state index contributed by atoms with van der Waals surface area (Å²) in [7, 11) is 0. The number of benzene rings is 1. The molecule has 1 fully saturated rings. The van der Waals surface area contributed by atoms with Crippen molar-refractivity contribution in [3.8, 4) is 0 Å². The summed E-state index contributed by atoms with van der Waals surface area (Å²) in [5, 5.41) is 10.2. The number of thiazole rings is 1. The predicted molar refractivity (Wildman–Crippen MR) is 101 cm³/mol. The molecule has 0 saturated carbocycles. The van der Waals surface area contributed by atoms with Gasteiger partial charge in [0.2, 0.25) is 6.10 Å².